The second kappa shape index (κ2) is 71.1. The molecule has 0 spiro atoms. The quantitative estimate of drug-likeness (QED) is 0.0389. The summed E-state index contributed by atoms with van der Waals surface area (Å²) in [6.45, 7) is 44.8. The van der Waals surface area contributed by atoms with E-state index in [-0.39, 0.29) is 77.4 Å². The van der Waals surface area contributed by atoms with Crippen molar-refractivity contribution in [2.75, 3.05) is 212 Å². The Morgan fingerprint density at radius 3 is 1.16 bits per heavy atom. The SMILES string of the molecule is CCNCC(NCC)C(=O)N1CCN(CC)CCN(CC)CCN(CC)CC1.CCNCCCCC(NC(=O)C(CCCCNCC)NCC)C(=O)CC.CNC(C)C(C)=O.CNCCCCCC(=O)N(CCNC(=O)C(CCCCNC)NC)CCNC(=O)C(CCCCNC)NC. The molecule has 0 aliphatic carbocycles. The Balaban J connectivity index is -0.00000135. The molecule has 1 aliphatic rings. The Labute approximate surface area is 605 Å². The lowest BCUT2D eigenvalue weighted by Gasteiger charge is -2.34. The zero-order valence-electron chi connectivity index (χ0n) is 66.5. The first-order chi connectivity index (χ1) is 47.8. The molecule has 0 aromatic rings. The zero-order valence-corrected chi connectivity index (χ0v) is 66.5. The van der Waals surface area contributed by atoms with Crippen LogP contribution in [0.3, 0.4) is 0 Å². The number of Topliss-reactive ketones (excluding diaryl/α,β-unsaturated/α-hetero) is 2. The Hall–Kier alpha value is -3.87. The summed E-state index contributed by atoms with van der Waals surface area (Å²) in [5, 5.41) is 43.9. The van der Waals surface area contributed by atoms with Gasteiger partial charge in [0.2, 0.25) is 29.5 Å². The van der Waals surface area contributed by atoms with Gasteiger partial charge in [-0.15, -0.1) is 0 Å². The van der Waals surface area contributed by atoms with Gasteiger partial charge in [-0.05, 0) is 212 Å². The first-order valence-corrected chi connectivity index (χ1v) is 39.0. The summed E-state index contributed by atoms with van der Waals surface area (Å²) in [5.41, 5.74) is 0. The Morgan fingerprint density at radius 2 is 0.798 bits per heavy atom. The van der Waals surface area contributed by atoms with Crippen molar-refractivity contribution in [3.05, 3.63) is 0 Å². The Bertz CT molecular complexity index is 1880. The van der Waals surface area contributed by atoms with E-state index >= 15 is 0 Å². The van der Waals surface area contributed by atoms with Crippen molar-refractivity contribution in [2.24, 2.45) is 0 Å². The summed E-state index contributed by atoms with van der Waals surface area (Å²) in [6.07, 6.45) is 14.9. The van der Waals surface area contributed by atoms with Gasteiger partial charge in [0.05, 0.1) is 36.3 Å². The number of amides is 5. The van der Waals surface area contributed by atoms with Crippen LogP contribution >= 0.6 is 0 Å². The molecule has 5 amide bonds. The van der Waals surface area contributed by atoms with Crippen LogP contribution in [0.15, 0.2) is 0 Å². The van der Waals surface area contributed by atoms with Gasteiger partial charge in [-0.1, -0.05) is 88.0 Å². The number of carbonyl (C=O) groups excluding carboxylic acids is 7. The molecule has 14 N–H and O–H groups in total. The molecule has 6 atom stereocenters. The third-order valence-corrected chi connectivity index (χ3v) is 18.1. The molecule has 0 bridgehead atoms. The smallest absolute Gasteiger partial charge is 0.241 e. The van der Waals surface area contributed by atoms with Crippen molar-refractivity contribution >= 4 is 41.1 Å². The van der Waals surface area contributed by atoms with Gasteiger partial charge >= 0.3 is 0 Å². The predicted molar refractivity (Wildman–Crippen MR) is 414 cm³/mol. The number of hydrogen-bond acceptors (Lipinski definition) is 21. The Morgan fingerprint density at radius 1 is 0.404 bits per heavy atom. The summed E-state index contributed by atoms with van der Waals surface area (Å²) >= 11 is 0. The second-order valence-electron chi connectivity index (χ2n) is 25.6. The van der Waals surface area contributed by atoms with Crippen LogP contribution in [0.2, 0.25) is 0 Å². The van der Waals surface area contributed by atoms with E-state index in [9.17, 15) is 33.6 Å². The standard InChI is InChI=1S/C27H58N8O3.C21H46N6O.C20H42N4O2.C5H11NO/c1-28-16-10-6-7-15-25(36)35(21-19-33-26(37)23(31-4)13-8-11-17-29-2)22-20-34-27(38)24(32-5)14-9-12-18-30-3;1-6-22-19-20(23-7-2)21(28)27-17-15-25(9-4)13-11-24(8-3)12-14-26(10-5)16-18-27;1-5-19(25)17(13-9-11-15-21-6-2)24-20(26)18(23-8-4)14-10-12-16-22-7-3;1-4(6-3)5(2)7/h23-24,28-32H,6-22H2,1-5H3,(H,33,37)(H,34,38);20,22-23H,6-19H2,1-5H3;17-18,21-23H,5-16H2,1-4H3,(H,24,26);4,6H,1-3H3. The van der Waals surface area contributed by atoms with Crippen LogP contribution in [-0.2, 0) is 33.6 Å². The molecular weight excluding hydrogens is 1250 g/mol. The number of ketones is 2. The van der Waals surface area contributed by atoms with Gasteiger partial charge < -0.3 is 98.9 Å². The fourth-order valence-corrected chi connectivity index (χ4v) is 11.1. The summed E-state index contributed by atoms with van der Waals surface area (Å²) in [6, 6.07) is -1.17. The maximum absolute atomic E-state index is 13.3. The zero-order chi connectivity index (χ0) is 74.7. The van der Waals surface area contributed by atoms with E-state index in [0.29, 0.717) is 45.6 Å². The van der Waals surface area contributed by atoms with Crippen LogP contribution in [0.4, 0.5) is 0 Å². The van der Waals surface area contributed by atoms with E-state index in [0.717, 1.165) is 234 Å². The minimum atomic E-state index is -0.350. The molecular formula is C73H157N19O7. The topological polar surface area (TPSA) is 304 Å². The van der Waals surface area contributed by atoms with E-state index in [1.165, 1.54) is 0 Å². The highest BCUT2D eigenvalue weighted by molar-refractivity contribution is 5.90. The molecule has 0 saturated carbocycles. The summed E-state index contributed by atoms with van der Waals surface area (Å²) in [5.74, 6) is 0.495. The van der Waals surface area contributed by atoms with E-state index in [4.69, 9.17) is 0 Å². The van der Waals surface area contributed by atoms with E-state index in [1.54, 1.807) is 33.0 Å². The van der Waals surface area contributed by atoms with Crippen LogP contribution in [0.25, 0.3) is 0 Å². The lowest BCUT2D eigenvalue weighted by atomic mass is 10.0. The van der Waals surface area contributed by atoms with E-state index in [1.807, 2.05) is 41.9 Å². The van der Waals surface area contributed by atoms with E-state index < -0.39 is 0 Å². The third-order valence-electron chi connectivity index (χ3n) is 18.1. The maximum Gasteiger partial charge on any atom is 0.241 e. The highest BCUT2D eigenvalue weighted by atomic mass is 16.2. The molecule has 586 valence electrons. The highest BCUT2D eigenvalue weighted by Crippen LogP contribution is 2.10. The van der Waals surface area contributed by atoms with Gasteiger partial charge in [-0.3, -0.25) is 33.6 Å². The molecule has 0 radical (unpaired) electrons. The molecule has 1 rings (SSSR count). The number of rotatable bonds is 55. The lowest BCUT2D eigenvalue weighted by Crippen LogP contribution is -2.54. The molecule has 26 heteroatoms. The van der Waals surface area contributed by atoms with Crippen molar-refractivity contribution in [3.63, 3.8) is 0 Å². The minimum absolute atomic E-state index is 0.0139. The van der Waals surface area contributed by atoms with Gasteiger partial charge in [0.25, 0.3) is 0 Å². The van der Waals surface area contributed by atoms with Crippen LogP contribution < -0.4 is 74.4 Å². The van der Waals surface area contributed by atoms with Gasteiger partial charge in [-0.25, -0.2) is 0 Å². The normalized spacial score (nSPS) is 15.1. The van der Waals surface area contributed by atoms with Crippen molar-refractivity contribution in [2.45, 2.75) is 222 Å². The van der Waals surface area contributed by atoms with Crippen LogP contribution in [0, 0.1) is 0 Å². The number of unbranched alkanes of at least 4 members (excludes halogenated alkanes) is 6. The number of hydrogen-bond donors (Lipinski definition) is 14. The summed E-state index contributed by atoms with van der Waals surface area (Å²) in [4.78, 5) is 98.1. The number of carbonyl (C=O) groups is 7. The maximum atomic E-state index is 13.3. The molecule has 1 aliphatic heterocycles. The van der Waals surface area contributed by atoms with Crippen molar-refractivity contribution < 1.29 is 33.6 Å². The van der Waals surface area contributed by atoms with Crippen LogP contribution in [0.1, 0.15) is 185 Å². The number of nitrogens with zero attached hydrogens (tertiary/aromatic N) is 5. The first-order valence-electron chi connectivity index (χ1n) is 39.0. The molecule has 1 fully saturated rings. The average molecular weight is 1410 g/mol. The molecule has 6 unspecified atom stereocenters. The molecule has 99 heavy (non-hydrogen) atoms. The first kappa shape index (κ1) is 99.3. The van der Waals surface area contributed by atoms with Gasteiger partial charge in [0, 0.05) is 97.9 Å². The number of nitrogens with one attached hydrogen (secondary N) is 14. The largest absolute Gasteiger partial charge is 0.353 e. The highest BCUT2D eigenvalue weighted by Gasteiger charge is 2.27. The molecule has 1 saturated heterocycles. The van der Waals surface area contributed by atoms with Gasteiger partial charge in [0.15, 0.2) is 5.78 Å². The minimum Gasteiger partial charge on any atom is -0.353 e. The van der Waals surface area contributed by atoms with Crippen molar-refractivity contribution in [1.82, 2.24) is 98.9 Å². The van der Waals surface area contributed by atoms with Gasteiger partial charge in [-0.2, -0.15) is 0 Å². The third kappa shape index (κ3) is 54.5. The van der Waals surface area contributed by atoms with Crippen LogP contribution in [-0.4, -0.2) is 314 Å². The second-order valence-corrected chi connectivity index (χ2v) is 25.6. The summed E-state index contributed by atoms with van der Waals surface area (Å²) in [7, 11) is 11.1. The van der Waals surface area contributed by atoms with Crippen molar-refractivity contribution in [1.29, 1.82) is 0 Å². The molecule has 26 nitrogen and oxygen atoms in total. The summed E-state index contributed by atoms with van der Waals surface area (Å²) < 4.78 is 0. The van der Waals surface area contributed by atoms with E-state index in [2.05, 4.69) is 143 Å². The predicted octanol–water partition coefficient (Wildman–Crippen LogP) is 2.34. The lowest BCUT2D eigenvalue weighted by molar-refractivity contribution is -0.134. The van der Waals surface area contributed by atoms with Crippen molar-refractivity contribution in [3.8, 4) is 0 Å². The van der Waals surface area contributed by atoms with Crippen LogP contribution in [0.5, 0.6) is 0 Å². The molecule has 0 aromatic heterocycles. The Kier molecular flexibility index (Phi) is 71.4. The fraction of sp³-hybridized carbons (Fsp3) is 0.904. The fourth-order valence-electron chi connectivity index (χ4n) is 11.1. The van der Waals surface area contributed by atoms with Gasteiger partial charge in [0.1, 0.15) is 5.78 Å². The molecule has 1 heterocycles. The average Bonchev–Trinajstić information content (AvgIpc) is 0.913. The monoisotopic (exact) mass is 1410 g/mol. The number of likely N-dealkylation sites (N-methyl/N-ethyl adjacent to an activating group) is 9. The molecule has 0 aromatic carbocycles.